The fraction of sp³-hybridized carbons (Fsp3) is 0.571. The number of oxazole rings is 1. The van der Waals surface area contributed by atoms with Gasteiger partial charge in [-0.05, 0) is 0 Å². The van der Waals surface area contributed by atoms with Gasteiger partial charge in [0.25, 0.3) is 0 Å². The first-order chi connectivity index (χ1) is 5.43. The molecule has 0 amide bonds. The highest BCUT2D eigenvalue weighted by Crippen LogP contribution is 2.21. The average molecular weight is 189 g/mol. The van der Waals surface area contributed by atoms with Crippen LogP contribution in [0.4, 0.5) is 0 Å². The van der Waals surface area contributed by atoms with Gasteiger partial charge >= 0.3 is 0 Å². The summed E-state index contributed by atoms with van der Waals surface area (Å²) in [4.78, 5) is 3.65. The summed E-state index contributed by atoms with van der Waals surface area (Å²) in [5.74, 6) is 0.467. The lowest BCUT2D eigenvalue weighted by Gasteiger charge is -2.00. The molecule has 0 N–H and O–H groups in total. The molecule has 0 spiro atoms. The van der Waals surface area contributed by atoms with Crippen LogP contribution in [0.1, 0.15) is 25.5 Å². The molecule has 0 fully saturated rings. The van der Waals surface area contributed by atoms with Crippen LogP contribution in [-0.4, -0.2) is 19.7 Å². The van der Waals surface area contributed by atoms with Crippen molar-refractivity contribution in [2.24, 2.45) is 0 Å². The van der Waals surface area contributed by atoms with E-state index >= 15 is 0 Å². The summed E-state index contributed by atoms with van der Waals surface area (Å²) in [6.45, 7) is 3.71. The normalized spacial score (nSPS) is 12.3. The van der Waals surface area contributed by atoms with E-state index in [0.717, 1.165) is 12.6 Å². The summed E-state index contributed by atoms with van der Waals surface area (Å²) in [6, 6.07) is 0. The van der Waals surface area contributed by atoms with Gasteiger partial charge in [0, 0.05) is 12.2 Å². The molecule has 0 unspecified atom stereocenters. The molecule has 0 aliphatic rings. The van der Waals surface area contributed by atoms with E-state index in [4.69, 9.17) is 4.42 Å². The quantitative estimate of drug-likeness (QED) is 0.701. The smallest absolute Gasteiger partial charge is 0.196 e. The van der Waals surface area contributed by atoms with E-state index in [0.29, 0.717) is 5.76 Å². The second kappa shape index (κ2) is 2.90. The lowest BCUT2D eigenvalue weighted by molar-refractivity contribution is 0.473. The van der Waals surface area contributed by atoms with Crippen LogP contribution < -0.4 is 0 Å². The standard InChI is InChI=1S/C7H11NO3S/c1-5(2)6-7(8-4-11-6)12(3,9)10/h4-5H,1-3H3. The third kappa shape index (κ3) is 1.66. The van der Waals surface area contributed by atoms with Crippen LogP contribution in [0.5, 0.6) is 0 Å². The molecule has 0 radical (unpaired) electrons. The van der Waals surface area contributed by atoms with Crippen LogP contribution in [0.3, 0.4) is 0 Å². The Morgan fingerprint density at radius 3 is 2.42 bits per heavy atom. The van der Waals surface area contributed by atoms with Crippen molar-refractivity contribution in [3.63, 3.8) is 0 Å². The molecule has 1 heterocycles. The molecule has 0 atom stereocenters. The minimum Gasteiger partial charge on any atom is -0.447 e. The topological polar surface area (TPSA) is 60.2 Å². The number of hydrogen-bond acceptors (Lipinski definition) is 4. The van der Waals surface area contributed by atoms with Gasteiger partial charge in [-0.15, -0.1) is 0 Å². The monoisotopic (exact) mass is 189 g/mol. The third-order valence-corrected chi connectivity index (χ3v) is 2.45. The first-order valence-corrected chi connectivity index (χ1v) is 5.45. The van der Waals surface area contributed by atoms with Crippen molar-refractivity contribution in [1.82, 2.24) is 4.98 Å². The van der Waals surface area contributed by atoms with Gasteiger partial charge in [0.15, 0.2) is 21.3 Å². The summed E-state index contributed by atoms with van der Waals surface area (Å²) in [6.07, 6.45) is 2.28. The van der Waals surface area contributed by atoms with E-state index < -0.39 is 9.84 Å². The number of sulfone groups is 1. The maximum absolute atomic E-state index is 11.1. The molecule has 1 aromatic rings. The molecule has 0 bridgehead atoms. The zero-order valence-corrected chi connectivity index (χ0v) is 8.05. The maximum atomic E-state index is 11.1. The van der Waals surface area contributed by atoms with Crippen LogP contribution in [0.2, 0.25) is 0 Å². The largest absolute Gasteiger partial charge is 0.447 e. The van der Waals surface area contributed by atoms with Crippen LogP contribution in [-0.2, 0) is 9.84 Å². The highest BCUT2D eigenvalue weighted by molar-refractivity contribution is 7.90. The van der Waals surface area contributed by atoms with Crippen molar-refractivity contribution in [2.75, 3.05) is 6.26 Å². The van der Waals surface area contributed by atoms with E-state index in [1.807, 2.05) is 13.8 Å². The van der Waals surface area contributed by atoms with Crippen molar-refractivity contribution in [2.45, 2.75) is 24.8 Å². The van der Waals surface area contributed by atoms with Gasteiger partial charge in [-0.25, -0.2) is 13.4 Å². The molecule has 4 nitrogen and oxygen atoms in total. The van der Waals surface area contributed by atoms with E-state index in [1.54, 1.807) is 0 Å². The number of hydrogen-bond donors (Lipinski definition) is 0. The van der Waals surface area contributed by atoms with Crippen molar-refractivity contribution >= 4 is 9.84 Å². The molecule has 5 heteroatoms. The SMILES string of the molecule is CC(C)c1ocnc1S(C)(=O)=O. The molecule has 0 saturated carbocycles. The number of aromatic nitrogens is 1. The molecular formula is C7H11NO3S. The van der Waals surface area contributed by atoms with E-state index in [9.17, 15) is 8.42 Å². The minimum absolute atomic E-state index is 0.0391. The number of nitrogens with zero attached hydrogens (tertiary/aromatic N) is 1. The lowest BCUT2D eigenvalue weighted by Crippen LogP contribution is -2.02. The van der Waals surface area contributed by atoms with Crippen molar-refractivity contribution in [1.29, 1.82) is 0 Å². The highest BCUT2D eigenvalue weighted by Gasteiger charge is 2.20. The lowest BCUT2D eigenvalue weighted by atomic mass is 10.2. The Bertz CT molecular complexity index is 364. The third-order valence-electron chi connectivity index (χ3n) is 1.44. The Labute approximate surface area is 71.5 Å². The summed E-state index contributed by atoms with van der Waals surface area (Å²) >= 11 is 0. The van der Waals surface area contributed by atoms with Gasteiger partial charge < -0.3 is 4.42 Å². The van der Waals surface area contributed by atoms with Gasteiger partial charge in [-0.1, -0.05) is 13.8 Å². The predicted molar refractivity (Wildman–Crippen MR) is 43.7 cm³/mol. The van der Waals surface area contributed by atoms with Gasteiger partial charge in [-0.2, -0.15) is 0 Å². The molecule has 1 aromatic heterocycles. The predicted octanol–water partition coefficient (Wildman–Crippen LogP) is 1.20. The van der Waals surface area contributed by atoms with Crippen molar-refractivity contribution in [3.8, 4) is 0 Å². The van der Waals surface area contributed by atoms with Crippen molar-refractivity contribution < 1.29 is 12.8 Å². The van der Waals surface area contributed by atoms with Crippen LogP contribution in [0, 0.1) is 0 Å². The van der Waals surface area contributed by atoms with E-state index in [1.165, 1.54) is 0 Å². The highest BCUT2D eigenvalue weighted by atomic mass is 32.2. The van der Waals surface area contributed by atoms with Crippen molar-refractivity contribution in [3.05, 3.63) is 12.2 Å². The Morgan fingerprint density at radius 1 is 1.50 bits per heavy atom. The zero-order valence-electron chi connectivity index (χ0n) is 7.23. The maximum Gasteiger partial charge on any atom is 0.196 e. The zero-order chi connectivity index (χ0) is 9.35. The Hall–Kier alpha value is -0.840. The van der Waals surface area contributed by atoms with Gasteiger partial charge in [0.1, 0.15) is 5.76 Å². The molecule has 1 rings (SSSR count). The van der Waals surface area contributed by atoms with E-state index in [2.05, 4.69) is 4.98 Å². The molecule has 0 aromatic carbocycles. The van der Waals surface area contributed by atoms with Gasteiger partial charge in [0.2, 0.25) is 0 Å². The van der Waals surface area contributed by atoms with Gasteiger partial charge in [0.05, 0.1) is 0 Å². The fourth-order valence-corrected chi connectivity index (χ4v) is 1.79. The van der Waals surface area contributed by atoms with Crippen LogP contribution in [0.15, 0.2) is 15.8 Å². The summed E-state index contributed by atoms with van der Waals surface area (Å²) < 4.78 is 27.2. The summed E-state index contributed by atoms with van der Waals surface area (Å²) in [7, 11) is -3.24. The first-order valence-electron chi connectivity index (χ1n) is 3.56. The van der Waals surface area contributed by atoms with Crippen LogP contribution in [0.25, 0.3) is 0 Å². The Balaban J connectivity index is 3.26. The Kier molecular flexibility index (Phi) is 2.23. The molecule has 0 aliphatic heterocycles. The molecule has 0 aliphatic carbocycles. The summed E-state index contributed by atoms with van der Waals surface area (Å²) in [5.41, 5.74) is 0. The van der Waals surface area contributed by atoms with Crippen LogP contribution >= 0.6 is 0 Å². The first kappa shape index (κ1) is 9.25. The average Bonchev–Trinajstić information content (AvgIpc) is 2.30. The molecule has 0 saturated heterocycles. The molecule has 12 heavy (non-hydrogen) atoms. The minimum atomic E-state index is -3.24. The molecule has 68 valence electrons. The second-order valence-corrected chi connectivity index (χ2v) is 4.88. The Morgan fingerprint density at radius 2 is 2.08 bits per heavy atom. The van der Waals surface area contributed by atoms with Gasteiger partial charge in [-0.3, -0.25) is 0 Å². The second-order valence-electron chi connectivity index (χ2n) is 2.95. The summed E-state index contributed by atoms with van der Waals surface area (Å²) in [5, 5.41) is 0.0532. The van der Waals surface area contributed by atoms with E-state index in [-0.39, 0.29) is 10.9 Å². The molecular weight excluding hydrogens is 178 g/mol. The fourth-order valence-electron chi connectivity index (χ4n) is 0.907. The number of rotatable bonds is 2.